The van der Waals surface area contributed by atoms with Crippen LogP contribution in [0.15, 0.2) is 30.3 Å². The van der Waals surface area contributed by atoms with Gasteiger partial charge >= 0.3 is 0 Å². The fraction of sp³-hybridized carbons (Fsp3) is 0.385. The van der Waals surface area contributed by atoms with Crippen molar-refractivity contribution >= 4 is 11.7 Å². The highest BCUT2D eigenvalue weighted by Crippen LogP contribution is 1.97. The molecule has 3 nitrogen and oxygen atoms in total. The molecule has 1 amide bonds. The van der Waals surface area contributed by atoms with E-state index in [2.05, 4.69) is 5.32 Å². The first-order valence-electron chi connectivity index (χ1n) is 5.53. The molecule has 0 aromatic heterocycles. The van der Waals surface area contributed by atoms with Crippen LogP contribution in [0.4, 0.5) is 0 Å². The van der Waals surface area contributed by atoms with Gasteiger partial charge in [0.1, 0.15) is 0 Å². The highest BCUT2D eigenvalue weighted by atomic mass is 16.2. The minimum absolute atomic E-state index is 0.446. The molecule has 0 bridgehead atoms. The molecule has 0 saturated heterocycles. The lowest BCUT2D eigenvalue weighted by Gasteiger charge is -2.02. The van der Waals surface area contributed by atoms with E-state index in [0.29, 0.717) is 6.54 Å². The van der Waals surface area contributed by atoms with E-state index in [1.54, 1.807) is 0 Å². The molecule has 0 aliphatic carbocycles. The number of carbonyl (C=O) groups excluding carboxylic acids is 2. The average molecular weight is 221 g/mol. The van der Waals surface area contributed by atoms with Crippen molar-refractivity contribution in [3.63, 3.8) is 0 Å². The van der Waals surface area contributed by atoms with E-state index in [-0.39, 0.29) is 0 Å². The van der Waals surface area contributed by atoms with Crippen molar-refractivity contribution < 1.29 is 9.59 Å². The molecule has 0 radical (unpaired) electrons. The average Bonchev–Trinajstić information content (AvgIpc) is 2.33. The van der Waals surface area contributed by atoms with Gasteiger partial charge in [-0.2, -0.15) is 0 Å². The second-order valence-electron chi connectivity index (χ2n) is 3.05. The molecule has 0 fully saturated rings. The Kier molecular flexibility index (Phi) is 7.76. The molecule has 0 aliphatic rings. The lowest BCUT2D eigenvalue weighted by atomic mass is 10.1. The van der Waals surface area contributed by atoms with Gasteiger partial charge in [0.05, 0.1) is 0 Å². The van der Waals surface area contributed by atoms with Crippen molar-refractivity contribution in [1.82, 2.24) is 5.32 Å². The fourth-order valence-corrected chi connectivity index (χ4v) is 1.09. The summed E-state index contributed by atoms with van der Waals surface area (Å²) in [6.07, 6.45) is 0.750. The van der Waals surface area contributed by atoms with Crippen molar-refractivity contribution in [3.05, 3.63) is 35.9 Å². The Balaban J connectivity index is 0.00000106. The second-order valence-corrected chi connectivity index (χ2v) is 3.05. The predicted octanol–water partition coefficient (Wildman–Crippen LogP) is 1.96. The minimum Gasteiger partial charge on any atom is -0.349 e. The molecule has 0 spiro atoms. The van der Waals surface area contributed by atoms with Gasteiger partial charge < -0.3 is 5.32 Å². The molecule has 0 heterocycles. The first-order chi connectivity index (χ1) is 7.70. The summed E-state index contributed by atoms with van der Waals surface area (Å²) in [6, 6.07) is 9.81. The number of hydrogen-bond acceptors (Lipinski definition) is 2. The first kappa shape index (κ1) is 14.4. The van der Waals surface area contributed by atoms with Gasteiger partial charge in [0.15, 0.2) is 0 Å². The number of carbonyl (C=O) groups is 2. The number of benzene rings is 1. The van der Waals surface area contributed by atoms with E-state index in [1.165, 1.54) is 6.92 Å². The number of rotatable bonds is 4. The molecule has 1 N–H and O–H groups in total. The predicted molar refractivity (Wildman–Crippen MR) is 65.2 cm³/mol. The Hall–Kier alpha value is -1.64. The zero-order valence-corrected chi connectivity index (χ0v) is 10.1. The summed E-state index contributed by atoms with van der Waals surface area (Å²) in [7, 11) is 0. The molecule has 3 heteroatoms. The zero-order chi connectivity index (χ0) is 12.4. The summed E-state index contributed by atoms with van der Waals surface area (Å²) in [5.74, 6) is -0.959. The van der Waals surface area contributed by atoms with Crippen molar-refractivity contribution in [3.8, 4) is 0 Å². The van der Waals surface area contributed by atoms with Crippen molar-refractivity contribution in [2.45, 2.75) is 27.2 Å². The molecular formula is C13H19NO2. The summed E-state index contributed by atoms with van der Waals surface area (Å²) in [5.41, 5.74) is 1.15. The first-order valence-corrected chi connectivity index (χ1v) is 5.53. The van der Waals surface area contributed by atoms with Crippen molar-refractivity contribution in [2.24, 2.45) is 0 Å². The molecule has 0 atom stereocenters. The molecule has 1 rings (SSSR count). The van der Waals surface area contributed by atoms with Crippen LogP contribution in [0.25, 0.3) is 0 Å². The van der Waals surface area contributed by atoms with Crippen LogP contribution in [0.5, 0.6) is 0 Å². The SMILES string of the molecule is CC.CC(=O)C(=O)NCCc1ccccc1. The molecular weight excluding hydrogens is 202 g/mol. The van der Waals surface area contributed by atoms with Crippen LogP contribution in [0, 0.1) is 0 Å². The summed E-state index contributed by atoms with van der Waals surface area (Å²) in [4.78, 5) is 21.4. The quantitative estimate of drug-likeness (QED) is 0.790. The van der Waals surface area contributed by atoms with Crippen LogP contribution in [-0.2, 0) is 16.0 Å². The molecule has 1 aromatic rings. The number of nitrogens with one attached hydrogen (secondary N) is 1. The Bertz CT molecular complexity index is 320. The number of amides is 1. The molecule has 88 valence electrons. The number of Topliss-reactive ketones (excluding diaryl/α,β-unsaturated/α-hetero) is 1. The molecule has 1 aromatic carbocycles. The maximum atomic E-state index is 10.9. The molecule has 16 heavy (non-hydrogen) atoms. The van der Waals surface area contributed by atoms with Gasteiger partial charge in [-0.25, -0.2) is 0 Å². The third-order valence-corrected chi connectivity index (χ3v) is 1.86. The Morgan fingerprint density at radius 2 is 1.69 bits per heavy atom. The standard InChI is InChI=1S/C11H13NO2.C2H6/c1-9(13)11(14)12-8-7-10-5-3-2-4-6-10;1-2/h2-6H,7-8H2,1H3,(H,12,14);1-2H3. The normalized spacial score (nSPS) is 8.69. The van der Waals surface area contributed by atoms with E-state index in [0.717, 1.165) is 12.0 Å². The van der Waals surface area contributed by atoms with Crippen molar-refractivity contribution in [1.29, 1.82) is 0 Å². The summed E-state index contributed by atoms with van der Waals surface area (Å²) in [6.45, 7) is 5.76. The third-order valence-electron chi connectivity index (χ3n) is 1.86. The Labute approximate surface area is 96.9 Å². The van der Waals surface area contributed by atoms with Crippen LogP contribution in [0.3, 0.4) is 0 Å². The maximum Gasteiger partial charge on any atom is 0.287 e. The molecule has 0 aliphatic heterocycles. The molecule has 0 saturated carbocycles. The van der Waals surface area contributed by atoms with E-state index in [4.69, 9.17) is 0 Å². The Morgan fingerprint density at radius 1 is 1.12 bits per heavy atom. The van der Waals surface area contributed by atoms with Gasteiger partial charge in [-0.15, -0.1) is 0 Å². The number of ketones is 1. The van der Waals surface area contributed by atoms with Gasteiger partial charge in [-0.1, -0.05) is 44.2 Å². The highest BCUT2D eigenvalue weighted by molar-refractivity contribution is 6.35. The summed E-state index contributed by atoms with van der Waals surface area (Å²) < 4.78 is 0. The van der Waals surface area contributed by atoms with Gasteiger partial charge in [0.2, 0.25) is 5.78 Å². The lowest BCUT2D eigenvalue weighted by molar-refractivity contribution is -0.136. The summed E-state index contributed by atoms with van der Waals surface area (Å²) in [5, 5.41) is 2.54. The molecule has 0 unspecified atom stereocenters. The van der Waals surface area contributed by atoms with Crippen LogP contribution >= 0.6 is 0 Å². The van der Waals surface area contributed by atoms with Gasteiger partial charge in [-0.3, -0.25) is 9.59 Å². The minimum atomic E-state index is -0.513. The number of hydrogen-bond donors (Lipinski definition) is 1. The van der Waals surface area contributed by atoms with Gasteiger partial charge in [0, 0.05) is 13.5 Å². The van der Waals surface area contributed by atoms with Crippen LogP contribution < -0.4 is 5.32 Å². The Morgan fingerprint density at radius 3 is 2.19 bits per heavy atom. The van der Waals surface area contributed by atoms with E-state index in [9.17, 15) is 9.59 Å². The largest absolute Gasteiger partial charge is 0.349 e. The van der Waals surface area contributed by atoms with E-state index >= 15 is 0 Å². The van der Waals surface area contributed by atoms with E-state index < -0.39 is 11.7 Å². The zero-order valence-electron chi connectivity index (χ0n) is 10.1. The van der Waals surface area contributed by atoms with E-state index in [1.807, 2.05) is 44.2 Å². The highest BCUT2D eigenvalue weighted by Gasteiger charge is 2.04. The van der Waals surface area contributed by atoms with Crippen LogP contribution in [0.2, 0.25) is 0 Å². The van der Waals surface area contributed by atoms with Crippen LogP contribution in [0.1, 0.15) is 26.3 Å². The smallest absolute Gasteiger partial charge is 0.287 e. The maximum absolute atomic E-state index is 10.9. The summed E-state index contributed by atoms with van der Waals surface area (Å²) >= 11 is 0. The topological polar surface area (TPSA) is 46.2 Å². The lowest BCUT2D eigenvalue weighted by Crippen LogP contribution is -2.30. The fourth-order valence-electron chi connectivity index (χ4n) is 1.09. The van der Waals surface area contributed by atoms with Crippen molar-refractivity contribution in [2.75, 3.05) is 6.54 Å². The van der Waals surface area contributed by atoms with Crippen LogP contribution in [-0.4, -0.2) is 18.2 Å². The van der Waals surface area contributed by atoms with Gasteiger partial charge in [0.25, 0.3) is 5.91 Å². The monoisotopic (exact) mass is 221 g/mol. The third kappa shape index (κ3) is 5.96. The van der Waals surface area contributed by atoms with Gasteiger partial charge in [-0.05, 0) is 12.0 Å². The second kappa shape index (κ2) is 8.65.